The summed E-state index contributed by atoms with van der Waals surface area (Å²) in [5.74, 6) is -0.378. The predicted octanol–water partition coefficient (Wildman–Crippen LogP) is 1.06. The number of nitrogens with zero attached hydrogens (tertiary/aromatic N) is 3. The van der Waals surface area contributed by atoms with Gasteiger partial charge < -0.3 is 14.6 Å². The lowest BCUT2D eigenvalue weighted by Gasteiger charge is -2.14. The van der Waals surface area contributed by atoms with Crippen molar-refractivity contribution in [3.8, 4) is 0 Å². The zero-order valence-corrected chi connectivity index (χ0v) is 15.1. The third-order valence-corrected chi connectivity index (χ3v) is 4.89. The summed E-state index contributed by atoms with van der Waals surface area (Å²) in [6, 6.07) is 6.78. The van der Waals surface area contributed by atoms with Crippen LogP contribution in [0.5, 0.6) is 0 Å². The highest BCUT2D eigenvalue weighted by Gasteiger charge is 2.20. The van der Waals surface area contributed by atoms with Gasteiger partial charge in [-0.2, -0.15) is 0 Å². The van der Waals surface area contributed by atoms with Crippen molar-refractivity contribution in [3.05, 3.63) is 51.9 Å². The molecule has 2 N–H and O–H groups in total. The van der Waals surface area contributed by atoms with Gasteiger partial charge in [-0.3, -0.25) is 19.4 Å². The van der Waals surface area contributed by atoms with Crippen molar-refractivity contribution in [3.63, 3.8) is 0 Å². The molecule has 3 aromatic rings. The first-order chi connectivity index (χ1) is 13.1. The number of nitrogens with one attached hydrogen (secondary N) is 2. The van der Waals surface area contributed by atoms with Crippen molar-refractivity contribution in [2.75, 3.05) is 13.2 Å². The van der Waals surface area contributed by atoms with Crippen molar-refractivity contribution >= 4 is 22.6 Å². The van der Waals surface area contributed by atoms with Gasteiger partial charge in [0.15, 0.2) is 0 Å². The Bertz CT molecular complexity index is 1140. The van der Waals surface area contributed by atoms with Crippen LogP contribution in [0.25, 0.3) is 16.7 Å². The smallest absolute Gasteiger partial charge is 0.267 e. The summed E-state index contributed by atoms with van der Waals surface area (Å²) in [4.78, 5) is 30.1. The molecule has 4 heterocycles. The van der Waals surface area contributed by atoms with E-state index in [-0.39, 0.29) is 28.6 Å². The minimum atomic E-state index is -0.378. The number of rotatable bonds is 4. The van der Waals surface area contributed by atoms with Crippen molar-refractivity contribution in [1.29, 1.82) is 5.41 Å². The normalized spacial score (nSPS) is 16.9. The Labute approximate surface area is 154 Å². The molecule has 0 aliphatic carbocycles. The fraction of sp³-hybridized carbons (Fsp3) is 0.368. The molecule has 1 atom stereocenters. The number of ether oxygens (including phenoxy) is 1. The fourth-order valence-electron chi connectivity index (χ4n) is 3.48. The van der Waals surface area contributed by atoms with E-state index in [4.69, 9.17) is 10.1 Å². The molecule has 0 aromatic carbocycles. The minimum Gasteiger partial charge on any atom is -0.376 e. The molecule has 1 aliphatic rings. The monoisotopic (exact) mass is 367 g/mol. The second-order valence-electron chi connectivity index (χ2n) is 6.58. The van der Waals surface area contributed by atoms with Crippen LogP contribution in [0.3, 0.4) is 0 Å². The topological polar surface area (TPSA) is 101 Å². The Morgan fingerprint density at radius 1 is 1.44 bits per heavy atom. The molecular formula is C19H21N5O3. The quantitative estimate of drug-likeness (QED) is 0.673. The molecule has 1 amide bonds. The zero-order valence-electron chi connectivity index (χ0n) is 15.1. The maximum atomic E-state index is 12.9. The van der Waals surface area contributed by atoms with Gasteiger partial charge in [0, 0.05) is 25.9 Å². The minimum absolute atomic E-state index is 0.0122. The maximum Gasteiger partial charge on any atom is 0.267 e. The summed E-state index contributed by atoms with van der Waals surface area (Å²) in [6.07, 6.45) is 3.56. The molecule has 140 valence electrons. The number of pyridine rings is 2. The van der Waals surface area contributed by atoms with E-state index < -0.39 is 0 Å². The number of carbonyl (C=O) groups is 1. The number of amides is 1. The summed E-state index contributed by atoms with van der Waals surface area (Å²) in [6.45, 7) is 3.40. The van der Waals surface area contributed by atoms with Gasteiger partial charge in [-0.15, -0.1) is 0 Å². The van der Waals surface area contributed by atoms with Crippen LogP contribution >= 0.6 is 0 Å². The Morgan fingerprint density at radius 2 is 2.30 bits per heavy atom. The van der Waals surface area contributed by atoms with Crippen molar-refractivity contribution in [2.45, 2.75) is 32.4 Å². The van der Waals surface area contributed by atoms with Crippen LogP contribution in [0.15, 0.2) is 35.3 Å². The summed E-state index contributed by atoms with van der Waals surface area (Å²) in [7, 11) is 0. The maximum absolute atomic E-state index is 12.9. The molecule has 0 saturated carbocycles. The Hall–Kier alpha value is -3.00. The Kier molecular flexibility index (Phi) is 4.49. The number of carbonyl (C=O) groups excluding carboxylic acids is 1. The Morgan fingerprint density at radius 3 is 3.04 bits per heavy atom. The molecule has 0 spiro atoms. The molecular weight excluding hydrogens is 346 g/mol. The van der Waals surface area contributed by atoms with Gasteiger partial charge in [-0.1, -0.05) is 6.07 Å². The van der Waals surface area contributed by atoms with E-state index >= 15 is 0 Å². The van der Waals surface area contributed by atoms with Gasteiger partial charge in [-0.25, -0.2) is 4.98 Å². The van der Waals surface area contributed by atoms with Crippen LogP contribution in [0.4, 0.5) is 0 Å². The lowest BCUT2D eigenvalue weighted by atomic mass is 10.2. The highest BCUT2D eigenvalue weighted by Crippen LogP contribution is 2.12. The summed E-state index contributed by atoms with van der Waals surface area (Å²) >= 11 is 0. The van der Waals surface area contributed by atoms with Gasteiger partial charge >= 0.3 is 0 Å². The molecule has 1 aliphatic heterocycles. The van der Waals surface area contributed by atoms with E-state index in [2.05, 4.69) is 10.3 Å². The van der Waals surface area contributed by atoms with Crippen LogP contribution < -0.4 is 16.4 Å². The van der Waals surface area contributed by atoms with Crippen molar-refractivity contribution in [2.24, 2.45) is 0 Å². The van der Waals surface area contributed by atoms with E-state index in [1.807, 2.05) is 6.92 Å². The van der Waals surface area contributed by atoms with Crippen LogP contribution in [0.1, 0.15) is 30.1 Å². The Balaban J connectivity index is 1.83. The van der Waals surface area contributed by atoms with E-state index in [1.165, 1.54) is 10.5 Å². The second kappa shape index (κ2) is 6.96. The highest BCUT2D eigenvalue weighted by atomic mass is 16.5. The standard InChI is InChI=1S/C19H21N5O3/c1-2-23-16(20)13(18(25)21-11-12-6-5-9-27-12)10-14-17(23)22-15-7-3-4-8-24(15)19(14)26/h3-4,7-8,10,12,20H,2,5-6,9,11H2,1H3,(H,21,25)/t12-/m0/s1. The molecule has 4 rings (SSSR count). The number of aryl methyl sites for hydroxylation is 1. The highest BCUT2D eigenvalue weighted by molar-refractivity contribution is 5.96. The predicted molar refractivity (Wildman–Crippen MR) is 99.8 cm³/mol. The lowest BCUT2D eigenvalue weighted by molar-refractivity contribution is 0.0856. The third-order valence-electron chi connectivity index (χ3n) is 4.89. The molecule has 8 nitrogen and oxygen atoms in total. The van der Waals surface area contributed by atoms with Crippen LogP contribution in [-0.2, 0) is 11.3 Å². The summed E-state index contributed by atoms with van der Waals surface area (Å²) in [5, 5.41) is 11.6. The van der Waals surface area contributed by atoms with Crippen molar-refractivity contribution < 1.29 is 9.53 Å². The average Bonchev–Trinajstić information content (AvgIpc) is 3.20. The number of aromatic nitrogens is 3. The van der Waals surface area contributed by atoms with E-state index in [9.17, 15) is 9.59 Å². The molecule has 27 heavy (non-hydrogen) atoms. The first kappa shape index (κ1) is 17.4. The molecule has 8 heteroatoms. The van der Waals surface area contributed by atoms with Crippen LogP contribution in [-0.4, -0.2) is 39.1 Å². The number of hydrogen-bond acceptors (Lipinski definition) is 5. The lowest BCUT2D eigenvalue weighted by Crippen LogP contribution is -2.37. The summed E-state index contributed by atoms with van der Waals surface area (Å²) in [5.41, 5.74) is 0.867. The van der Waals surface area contributed by atoms with Gasteiger partial charge in [0.25, 0.3) is 11.5 Å². The van der Waals surface area contributed by atoms with Crippen molar-refractivity contribution in [1.82, 2.24) is 19.3 Å². The van der Waals surface area contributed by atoms with Gasteiger partial charge in [-0.05, 0) is 38.0 Å². The van der Waals surface area contributed by atoms with E-state index in [0.29, 0.717) is 36.4 Å². The van der Waals surface area contributed by atoms with Gasteiger partial charge in [0.2, 0.25) is 0 Å². The molecule has 3 aromatic heterocycles. The van der Waals surface area contributed by atoms with Crippen LogP contribution in [0, 0.1) is 5.41 Å². The molecule has 0 radical (unpaired) electrons. The SMILES string of the molecule is CCn1c(=N)c(C(=O)NC[C@@H]2CCCO2)cc2c(=O)n3ccccc3nc21. The number of fused-ring (bicyclic) bond motifs is 2. The average molecular weight is 367 g/mol. The van der Waals surface area contributed by atoms with Crippen LogP contribution in [0.2, 0.25) is 0 Å². The molecule has 1 saturated heterocycles. The van der Waals surface area contributed by atoms with E-state index in [0.717, 1.165) is 12.8 Å². The zero-order chi connectivity index (χ0) is 19.0. The molecule has 0 unspecified atom stereocenters. The molecule has 0 bridgehead atoms. The molecule has 1 fully saturated rings. The third kappa shape index (κ3) is 3.02. The first-order valence-electron chi connectivity index (χ1n) is 9.09. The van der Waals surface area contributed by atoms with Gasteiger partial charge in [0.1, 0.15) is 16.8 Å². The van der Waals surface area contributed by atoms with E-state index in [1.54, 1.807) is 29.0 Å². The first-order valence-corrected chi connectivity index (χ1v) is 9.09. The second-order valence-corrected chi connectivity index (χ2v) is 6.58. The number of hydrogen-bond donors (Lipinski definition) is 2. The largest absolute Gasteiger partial charge is 0.376 e. The summed E-state index contributed by atoms with van der Waals surface area (Å²) < 4.78 is 8.55. The van der Waals surface area contributed by atoms with Gasteiger partial charge in [0.05, 0.1) is 17.1 Å². The fourth-order valence-corrected chi connectivity index (χ4v) is 3.48.